The van der Waals surface area contributed by atoms with Crippen LogP contribution in [-0.4, -0.2) is 14.9 Å². The second-order valence-corrected chi connectivity index (χ2v) is 4.61. The maximum atomic E-state index is 11.0. The third-order valence-electron chi connectivity index (χ3n) is 3.00. The van der Waals surface area contributed by atoms with Crippen LogP contribution in [0.3, 0.4) is 0 Å². The molecule has 0 fully saturated rings. The number of rotatable bonds is 4. The Morgan fingerprint density at radius 1 is 1.30 bits per heavy atom. The Morgan fingerprint density at radius 3 is 2.70 bits per heavy atom. The molecule has 0 aliphatic rings. The summed E-state index contributed by atoms with van der Waals surface area (Å²) in [6.07, 6.45) is 1.75. The summed E-state index contributed by atoms with van der Waals surface area (Å²) in [5.41, 5.74) is 8.53. The molecule has 0 atom stereocenters. The van der Waals surface area contributed by atoms with Gasteiger partial charge in [0.05, 0.1) is 10.6 Å². The van der Waals surface area contributed by atoms with Crippen LogP contribution in [-0.2, 0) is 6.42 Å². The molecule has 0 aliphatic heterocycles. The first kappa shape index (κ1) is 13.9. The Labute approximate surface area is 116 Å². The van der Waals surface area contributed by atoms with Gasteiger partial charge in [0.15, 0.2) is 0 Å². The fourth-order valence-electron chi connectivity index (χ4n) is 2.02. The normalized spacial score (nSPS) is 10.5. The van der Waals surface area contributed by atoms with Crippen LogP contribution in [0.15, 0.2) is 24.3 Å². The molecule has 0 amide bonds. The van der Waals surface area contributed by atoms with Crippen molar-refractivity contribution in [1.82, 2.24) is 9.97 Å². The number of nitrogens with two attached hydrogens (primary N) is 1. The van der Waals surface area contributed by atoms with Crippen molar-refractivity contribution < 1.29 is 4.92 Å². The van der Waals surface area contributed by atoms with Crippen LogP contribution in [0.25, 0.3) is 11.3 Å². The lowest BCUT2D eigenvalue weighted by Gasteiger charge is -2.06. The monoisotopic (exact) mass is 272 g/mol. The zero-order valence-corrected chi connectivity index (χ0v) is 11.5. The van der Waals surface area contributed by atoms with Gasteiger partial charge in [-0.1, -0.05) is 25.5 Å². The molecule has 2 rings (SSSR count). The van der Waals surface area contributed by atoms with Gasteiger partial charge in [-0.3, -0.25) is 10.1 Å². The fourth-order valence-corrected chi connectivity index (χ4v) is 2.02. The highest BCUT2D eigenvalue weighted by atomic mass is 16.6. The number of aryl methyl sites for hydroxylation is 2. The smallest absolute Gasteiger partial charge is 0.272 e. The van der Waals surface area contributed by atoms with Gasteiger partial charge in [-0.05, 0) is 19.4 Å². The summed E-state index contributed by atoms with van der Waals surface area (Å²) >= 11 is 0. The summed E-state index contributed by atoms with van der Waals surface area (Å²) in [5.74, 6) is 0.189. The van der Waals surface area contributed by atoms with E-state index in [1.54, 1.807) is 19.1 Å². The largest absolute Gasteiger partial charge is 0.368 e. The maximum Gasteiger partial charge on any atom is 0.272 e. The van der Waals surface area contributed by atoms with Crippen LogP contribution < -0.4 is 5.73 Å². The molecular weight excluding hydrogens is 256 g/mol. The zero-order valence-electron chi connectivity index (χ0n) is 11.5. The van der Waals surface area contributed by atoms with Crippen molar-refractivity contribution >= 4 is 11.6 Å². The van der Waals surface area contributed by atoms with E-state index in [9.17, 15) is 10.1 Å². The van der Waals surface area contributed by atoms with E-state index in [2.05, 4.69) is 16.9 Å². The highest BCUT2D eigenvalue weighted by molar-refractivity contribution is 5.65. The molecule has 0 spiro atoms. The van der Waals surface area contributed by atoms with E-state index in [1.165, 1.54) is 6.07 Å². The molecule has 0 bridgehead atoms. The van der Waals surface area contributed by atoms with Crippen LogP contribution in [0.1, 0.15) is 24.6 Å². The van der Waals surface area contributed by atoms with Gasteiger partial charge < -0.3 is 5.73 Å². The van der Waals surface area contributed by atoms with Crippen LogP contribution in [0.2, 0.25) is 0 Å². The molecule has 0 aliphatic carbocycles. The fraction of sp³-hybridized carbons (Fsp3) is 0.286. The van der Waals surface area contributed by atoms with E-state index in [1.807, 2.05) is 6.07 Å². The van der Waals surface area contributed by atoms with Crippen molar-refractivity contribution in [2.24, 2.45) is 0 Å². The molecular formula is C14H16N4O2. The number of nitro benzene ring substituents is 1. The molecule has 1 aromatic heterocycles. The van der Waals surface area contributed by atoms with Gasteiger partial charge in [-0.25, -0.2) is 9.97 Å². The first-order valence-corrected chi connectivity index (χ1v) is 6.40. The van der Waals surface area contributed by atoms with E-state index < -0.39 is 4.92 Å². The van der Waals surface area contributed by atoms with Gasteiger partial charge in [-0.15, -0.1) is 0 Å². The number of benzene rings is 1. The number of hydrogen-bond donors (Lipinski definition) is 1. The minimum absolute atomic E-state index is 0.0803. The van der Waals surface area contributed by atoms with Gasteiger partial charge in [0.25, 0.3) is 5.69 Å². The standard InChI is InChI=1S/C14H16N4O2/c1-3-4-11-8-12(17-14(15)16-11)10-6-5-9(2)13(7-10)18(19)20/h5-8H,3-4H2,1-2H3,(H2,15,16,17). The number of nitrogens with zero attached hydrogens (tertiary/aromatic N) is 3. The zero-order chi connectivity index (χ0) is 14.7. The summed E-state index contributed by atoms with van der Waals surface area (Å²) in [6, 6.07) is 6.87. The number of hydrogen-bond acceptors (Lipinski definition) is 5. The second-order valence-electron chi connectivity index (χ2n) is 4.61. The number of nitrogen functional groups attached to an aromatic ring is 1. The predicted molar refractivity (Wildman–Crippen MR) is 77.3 cm³/mol. The highest BCUT2D eigenvalue weighted by Crippen LogP contribution is 2.26. The summed E-state index contributed by atoms with van der Waals surface area (Å²) in [5, 5.41) is 11.0. The Balaban J connectivity index is 2.51. The number of anilines is 1. The van der Waals surface area contributed by atoms with E-state index in [4.69, 9.17) is 5.73 Å². The van der Waals surface area contributed by atoms with E-state index in [0.29, 0.717) is 16.8 Å². The third-order valence-corrected chi connectivity index (χ3v) is 3.00. The lowest BCUT2D eigenvalue weighted by Crippen LogP contribution is -2.01. The van der Waals surface area contributed by atoms with Crippen molar-refractivity contribution in [3.63, 3.8) is 0 Å². The van der Waals surface area contributed by atoms with Crippen molar-refractivity contribution in [2.75, 3.05) is 5.73 Å². The quantitative estimate of drug-likeness (QED) is 0.682. The molecule has 0 saturated carbocycles. The van der Waals surface area contributed by atoms with E-state index >= 15 is 0 Å². The first-order chi connectivity index (χ1) is 9.51. The molecule has 104 valence electrons. The van der Waals surface area contributed by atoms with Crippen LogP contribution in [0.5, 0.6) is 0 Å². The van der Waals surface area contributed by atoms with Crippen LogP contribution in [0.4, 0.5) is 11.6 Å². The molecule has 6 heteroatoms. The molecule has 2 N–H and O–H groups in total. The minimum Gasteiger partial charge on any atom is -0.368 e. The van der Waals surface area contributed by atoms with E-state index in [0.717, 1.165) is 18.5 Å². The minimum atomic E-state index is -0.393. The van der Waals surface area contributed by atoms with Gasteiger partial charge in [-0.2, -0.15) is 0 Å². The van der Waals surface area contributed by atoms with Gasteiger partial charge in [0, 0.05) is 22.9 Å². The highest BCUT2D eigenvalue weighted by Gasteiger charge is 2.13. The van der Waals surface area contributed by atoms with Crippen molar-refractivity contribution in [1.29, 1.82) is 0 Å². The summed E-state index contributed by atoms with van der Waals surface area (Å²) in [7, 11) is 0. The lowest BCUT2D eigenvalue weighted by atomic mass is 10.1. The van der Waals surface area contributed by atoms with Crippen molar-refractivity contribution in [3.05, 3.63) is 45.6 Å². The first-order valence-electron chi connectivity index (χ1n) is 6.40. The van der Waals surface area contributed by atoms with Crippen molar-refractivity contribution in [3.8, 4) is 11.3 Å². The molecule has 1 heterocycles. The van der Waals surface area contributed by atoms with Gasteiger partial charge >= 0.3 is 0 Å². The molecule has 2 aromatic rings. The SMILES string of the molecule is CCCc1cc(-c2ccc(C)c([N+](=O)[O-])c2)nc(N)n1. The Bertz CT molecular complexity index is 656. The number of aromatic nitrogens is 2. The molecule has 6 nitrogen and oxygen atoms in total. The Hall–Kier alpha value is -2.50. The Kier molecular flexibility index (Phi) is 3.93. The molecule has 0 saturated heterocycles. The summed E-state index contributed by atoms with van der Waals surface area (Å²) < 4.78 is 0. The molecule has 0 radical (unpaired) electrons. The second kappa shape index (κ2) is 5.64. The predicted octanol–water partition coefficient (Wildman–Crippen LogP) is 2.89. The van der Waals surface area contributed by atoms with Crippen LogP contribution >= 0.6 is 0 Å². The van der Waals surface area contributed by atoms with E-state index in [-0.39, 0.29) is 11.6 Å². The van der Waals surface area contributed by atoms with Gasteiger partial charge in [0.2, 0.25) is 5.95 Å². The molecule has 20 heavy (non-hydrogen) atoms. The summed E-state index contributed by atoms with van der Waals surface area (Å²) in [6.45, 7) is 3.76. The maximum absolute atomic E-state index is 11.0. The van der Waals surface area contributed by atoms with Crippen LogP contribution in [0, 0.1) is 17.0 Å². The topological polar surface area (TPSA) is 94.9 Å². The van der Waals surface area contributed by atoms with Crippen molar-refractivity contribution in [2.45, 2.75) is 26.7 Å². The molecule has 1 aromatic carbocycles. The number of nitro groups is 1. The van der Waals surface area contributed by atoms with Gasteiger partial charge in [0.1, 0.15) is 0 Å². The lowest BCUT2D eigenvalue weighted by molar-refractivity contribution is -0.385. The molecule has 0 unspecified atom stereocenters. The summed E-state index contributed by atoms with van der Waals surface area (Å²) in [4.78, 5) is 18.9. The third kappa shape index (κ3) is 2.90. The Morgan fingerprint density at radius 2 is 2.05 bits per heavy atom. The average Bonchev–Trinajstić information content (AvgIpc) is 2.38. The average molecular weight is 272 g/mol.